The van der Waals surface area contributed by atoms with E-state index in [0.29, 0.717) is 27.2 Å². The van der Waals surface area contributed by atoms with Crippen molar-refractivity contribution in [2.24, 2.45) is 5.92 Å². The number of nitriles is 1. The van der Waals surface area contributed by atoms with Gasteiger partial charge in [0.05, 0.1) is 17.1 Å². The van der Waals surface area contributed by atoms with Gasteiger partial charge in [-0.15, -0.1) is 11.3 Å². The number of aryl methyl sites for hydroxylation is 1. The van der Waals surface area contributed by atoms with Gasteiger partial charge in [-0.3, -0.25) is 4.79 Å². The van der Waals surface area contributed by atoms with Crippen LogP contribution in [-0.4, -0.2) is 15.9 Å². The van der Waals surface area contributed by atoms with Gasteiger partial charge in [-0.1, -0.05) is 5.16 Å². The van der Waals surface area contributed by atoms with E-state index in [4.69, 9.17) is 10.3 Å². The van der Waals surface area contributed by atoms with E-state index in [9.17, 15) is 10.1 Å². The largest absolute Gasteiger partial charge is 0.396 e. The lowest BCUT2D eigenvalue weighted by Crippen LogP contribution is -2.02. The highest BCUT2D eigenvalue weighted by molar-refractivity contribution is 7.19. The SMILES string of the molecule is Cc1noc(CNc2sc(C(=O)C3CC3)c(N)c2C#N)n1. The molecule has 8 heteroatoms. The summed E-state index contributed by atoms with van der Waals surface area (Å²) in [6.07, 6.45) is 1.81. The highest BCUT2D eigenvalue weighted by Gasteiger charge is 2.34. The van der Waals surface area contributed by atoms with E-state index in [-0.39, 0.29) is 23.9 Å². The Morgan fingerprint density at radius 1 is 1.62 bits per heavy atom. The molecule has 1 saturated carbocycles. The molecule has 2 aromatic heterocycles. The van der Waals surface area contributed by atoms with Crippen LogP contribution in [0.15, 0.2) is 4.52 Å². The second-order valence-electron chi connectivity index (χ2n) is 4.89. The minimum absolute atomic E-state index is 0.0377. The fourth-order valence-corrected chi connectivity index (χ4v) is 3.05. The molecule has 2 aromatic rings. The molecule has 0 aromatic carbocycles. The molecule has 108 valence electrons. The lowest BCUT2D eigenvalue weighted by atomic mass is 10.1. The number of ketones is 1. The van der Waals surface area contributed by atoms with Gasteiger partial charge in [0.2, 0.25) is 5.89 Å². The third-order valence-electron chi connectivity index (χ3n) is 3.20. The van der Waals surface area contributed by atoms with E-state index >= 15 is 0 Å². The maximum atomic E-state index is 12.1. The summed E-state index contributed by atoms with van der Waals surface area (Å²) in [4.78, 5) is 16.7. The van der Waals surface area contributed by atoms with Gasteiger partial charge in [-0.05, 0) is 19.8 Å². The first-order valence-electron chi connectivity index (χ1n) is 6.49. The predicted octanol–water partition coefficient (Wildman–Crippen LogP) is 2.10. The minimum atomic E-state index is 0.0377. The molecule has 1 fully saturated rings. The van der Waals surface area contributed by atoms with Crippen LogP contribution in [0, 0.1) is 24.2 Å². The second-order valence-corrected chi connectivity index (χ2v) is 5.91. The third kappa shape index (κ3) is 2.60. The summed E-state index contributed by atoms with van der Waals surface area (Å²) in [5.41, 5.74) is 6.50. The Morgan fingerprint density at radius 2 is 2.38 bits per heavy atom. The van der Waals surface area contributed by atoms with Gasteiger partial charge in [-0.25, -0.2) is 0 Å². The van der Waals surface area contributed by atoms with Crippen molar-refractivity contribution in [1.82, 2.24) is 10.1 Å². The van der Waals surface area contributed by atoms with Crippen LogP contribution in [0.5, 0.6) is 0 Å². The fourth-order valence-electron chi connectivity index (χ4n) is 1.96. The number of carbonyl (C=O) groups excluding carboxylic acids is 1. The number of hydrogen-bond acceptors (Lipinski definition) is 8. The van der Waals surface area contributed by atoms with Crippen molar-refractivity contribution in [1.29, 1.82) is 5.26 Å². The van der Waals surface area contributed by atoms with Crippen molar-refractivity contribution in [2.75, 3.05) is 11.1 Å². The van der Waals surface area contributed by atoms with Crippen LogP contribution in [-0.2, 0) is 6.54 Å². The molecule has 1 aliphatic rings. The van der Waals surface area contributed by atoms with Gasteiger partial charge in [0.25, 0.3) is 0 Å². The zero-order chi connectivity index (χ0) is 15.0. The summed E-state index contributed by atoms with van der Waals surface area (Å²) in [5.74, 6) is 1.07. The average molecular weight is 303 g/mol. The molecular weight excluding hydrogens is 290 g/mol. The van der Waals surface area contributed by atoms with Crippen LogP contribution in [0.2, 0.25) is 0 Å². The molecule has 3 rings (SSSR count). The summed E-state index contributed by atoms with van der Waals surface area (Å²) < 4.78 is 4.99. The summed E-state index contributed by atoms with van der Waals surface area (Å²) in [7, 11) is 0. The number of nitrogen functional groups attached to an aromatic ring is 1. The van der Waals surface area contributed by atoms with Gasteiger partial charge in [-0.2, -0.15) is 10.2 Å². The Balaban J connectivity index is 1.82. The van der Waals surface area contributed by atoms with Gasteiger partial charge >= 0.3 is 0 Å². The van der Waals surface area contributed by atoms with Gasteiger partial charge in [0.15, 0.2) is 11.6 Å². The lowest BCUT2D eigenvalue weighted by molar-refractivity contribution is 0.0972. The third-order valence-corrected chi connectivity index (χ3v) is 4.38. The van der Waals surface area contributed by atoms with Crippen LogP contribution in [0.3, 0.4) is 0 Å². The molecule has 0 aliphatic heterocycles. The molecule has 3 N–H and O–H groups in total. The number of thiophene rings is 1. The summed E-state index contributed by atoms with van der Waals surface area (Å²) in [6, 6.07) is 2.04. The zero-order valence-corrected chi connectivity index (χ0v) is 12.2. The quantitative estimate of drug-likeness (QED) is 0.812. The molecule has 21 heavy (non-hydrogen) atoms. The number of anilines is 2. The number of nitrogens with zero attached hydrogens (tertiary/aromatic N) is 3. The first-order valence-corrected chi connectivity index (χ1v) is 7.31. The average Bonchev–Trinajstić information content (AvgIpc) is 3.16. The van der Waals surface area contributed by atoms with E-state index < -0.39 is 0 Å². The summed E-state index contributed by atoms with van der Waals surface area (Å²) in [6.45, 7) is 2.01. The molecule has 0 atom stereocenters. The molecule has 0 radical (unpaired) electrons. The molecule has 2 heterocycles. The molecule has 7 nitrogen and oxygen atoms in total. The van der Waals surface area contributed by atoms with Crippen molar-refractivity contribution in [3.63, 3.8) is 0 Å². The van der Waals surface area contributed by atoms with Gasteiger partial charge in [0, 0.05) is 5.92 Å². The maximum absolute atomic E-state index is 12.1. The van der Waals surface area contributed by atoms with E-state index in [1.807, 2.05) is 6.07 Å². The van der Waals surface area contributed by atoms with E-state index in [0.717, 1.165) is 12.8 Å². The van der Waals surface area contributed by atoms with Gasteiger partial charge < -0.3 is 15.6 Å². The van der Waals surface area contributed by atoms with Crippen molar-refractivity contribution in [3.05, 3.63) is 22.2 Å². The lowest BCUT2D eigenvalue weighted by Gasteiger charge is -1.99. The molecule has 0 spiro atoms. The van der Waals surface area contributed by atoms with E-state index in [2.05, 4.69) is 15.5 Å². The van der Waals surface area contributed by atoms with Crippen LogP contribution in [0.4, 0.5) is 10.7 Å². The number of hydrogen-bond donors (Lipinski definition) is 2. The number of rotatable bonds is 5. The topological polar surface area (TPSA) is 118 Å². The monoisotopic (exact) mass is 303 g/mol. The Labute approximate surface area is 124 Å². The number of Topliss-reactive ketones (excluding diaryl/α,β-unsaturated/α-hetero) is 1. The fraction of sp³-hybridized carbons (Fsp3) is 0.385. The van der Waals surface area contributed by atoms with Crippen molar-refractivity contribution in [2.45, 2.75) is 26.3 Å². The molecule has 0 unspecified atom stereocenters. The van der Waals surface area contributed by atoms with E-state index in [1.54, 1.807) is 6.92 Å². The normalized spacial score (nSPS) is 13.9. The smallest absolute Gasteiger partial charge is 0.245 e. The number of nitrogens with one attached hydrogen (secondary N) is 1. The van der Waals surface area contributed by atoms with E-state index in [1.165, 1.54) is 11.3 Å². The van der Waals surface area contributed by atoms with Crippen LogP contribution in [0.25, 0.3) is 0 Å². The molecular formula is C13H13N5O2S. The Bertz CT molecular complexity index is 738. The van der Waals surface area contributed by atoms with Crippen molar-refractivity contribution >= 4 is 27.8 Å². The number of carbonyl (C=O) groups is 1. The van der Waals surface area contributed by atoms with Crippen molar-refractivity contribution in [3.8, 4) is 6.07 Å². The summed E-state index contributed by atoms with van der Waals surface area (Å²) >= 11 is 1.22. The Hall–Kier alpha value is -2.40. The molecule has 1 aliphatic carbocycles. The molecule has 0 amide bonds. The second kappa shape index (κ2) is 5.18. The highest BCUT2D eigenvalue weighted by atomic mass is 32.1. The molecule has 0 saturated heterocycles. The number of aromatic nitrogens is 2. The van der Waals surface area contributed by atoms with Crippen LogP contribution < -0.4 is 11.1 Å². The molecule has 0 bridgehead atoms. The van der Waals surface area contributed by atoms with Crippen molar-refractivity contribution < 1.29 is 9.32 Å². The number of nitrogens with two attached hydrogens (primary N) is 1. The Morgan fingerprint density at radius 3 is 2.95 bits per heavy atom. The maximum Gasteiger partial charge on any atom is 0.245 e. The standard InChI is InChI=1S/C13H13N5O2S/c1-6-17-9(20-18-6)5-16-13-8(4-14)10(15)12(21-13)11(19)7-2-3-7/h7,16H,2-3,5,15H2,1H3. The van der Waals surface area contributed by atoms with Gasteiger partial charge in [0.1, 0.15) is 16.6 Å². The highest BCUT2D eigenvalue weighted by Crippen LogP contribution is 2.41. The Kier molecular flexibility index (Phi) is 3.35. The van der Waals surface area contributed by atoms with Crippen LogP contribution >= 0.6 is 11.3 Å². The van der Waals surface area contributed by atoms with Crippen LogP contribution in [0.1, 0.15) is 39.8 Å². The first kappa shape index (κ1) is 13.6. The predicted molar refractivity (Wildman–Crippen MR) is 76.9 cm³/mol. The first-order chi connectivity index (χ1) is 10.1. The summed E-state index contributed by atoms with van der Waals surface area (Å²) in [5, 5.41) is 16.5. The minimum Gasteiger partial charge on any atom is -0.396 e. The zero-order valence-electron chi connectivity index (χ0n) is 11.3.